The molecule has 0 saturated carbocycles. The molecule has 0 aliphatic heterocycles. The van der Waals surface area contributed by atoms with E-state index in [9.17, 15) is 4.79 Å². The molecule has 2 aromatic rings. The first-order chi connectivity index (χ1) is 12.4. The molecule has 0 spiro atoms. The molecule has 2 aromatic carbocycles. The Hall–Kier alpha value is -2.64. The molecule has 9 heteroatoms. The average Bonchev–Trinajstić information content (AvgIpc) is 2.64. The lowest BCUT2D eigenvalue weighted by molar-refractivity contribution is 0.0511. The topological polar surface area (TPSA) is 92.4 Å². The molecule has 0 aliphatic rings. The van der Waals surface area contributed by atoms with Crippen LogP contribution in [0.25, 0.3) is 0 Å². The normalized spacial score (nSPS) is 11.0. The minimum atomic E-state index is -0.796. The van der Waals surface area contributed by atoms with Gasteiger partial charge in [0.2, 0.25) is 5.75 Å². The highest BCUT2D eigenvalue weighted by atomic mass is 35.5. The summed E-state index contributed by atoms with van der Waals surface area (Å²) in [7, 11) is 4.28. The molecule has 138 valence electrons. The van der Waals surface area contributed by atoms with Crippen molar-refractivity contribution in [3.8, 4) is 17.2 Å². The van der Waals surface area contributed by atoms with Crippen LogP contribution in [0.5, 0.6) is 17.2 Å². The number of nitrogens with zero attached hydrogens (tertiary/aromatic N) is 1. The first kappa shape index (κ1) is 19.7. The van der Waals surface area contributed by atoms with Crippen molar-refractivity contribution < 1.29 is 23.8 Å². The van der Waals surface area contributed by atoms with Gasteiger partial charge in [0.15, 0.2) is 17.3 Å². The number of nitrogens with two attached hydrogens (primary N) is 1. The average molecular weight is 399 g/mol. The molecule has 0 aromatic heterocycles. The van der Waals surface area contributed by atoms with Gasteiger partial charge >= 0.3 is 5.97 Å². The van der Waals surface area contributed by atoms with Crippen LogP contribution in [0.15, 0.2) is 35.5 Å². The van der Waals surface area contributed by atoms with Crippen LogP contribution in [0.2, 0.25) is 10.0 Å². The third kappa shape index (κ3) is 4.12. The molecule has 0 saturated heterocycles. The van der Waals surface area contributed by atoms with Crippen LogP contribution < -0.4 is 19.9 Å². The summed E-state index contributed by atoms with van der Waals surface area (Å²) in [6, 6.07) is 7.66. The third-order valence-corrected chi connectivity index (χ3v) is 3.91. The number of amidine groups is 1. The molecule has 26 heavy (non-hydrogen) atoms. The van der Waals surface area contributed by atoms with Gasteiger partial charge in [-0.15, -0.1) is 0 Å². The molecule has 0 bridgehead atoms. The van der Waals surface area contributed by atoms with Crippen molar-refractivity contribution in [2.24, 2.45) is 10.9 Å². The molecular weight excluding hydrogens is 383 g/mol. The van der Waals surface area contributed by atoms with E-state index in [-0.39, 0.29) is 27.9 Å². The van der Waals surface area contributed by atoms with Gasteiger partial charge in [0.1, 0.15) is 5.56 Å². The summed E-state index contributed by atoms with van der Waals surface area (Å²) >= 11 is 11.9. The Morgan fingerprint density at radius 3 is 2.19 bits per heavy atom. The Bertz CT molecular complexity index is 855. The van der Waals surface area contributed by atoms with Gasteiger partial charge in [0, 0.05) is 10.6 Å². The molecule has 0 atom stereocenters. The molecule has 0 heterocycles. The van der Waals surface area contributed by atoms with Crippen LogP contribution >= 0.6 is 23.2 Å². The number of hydrogen-bond acceptors (Lipinski definition) is 6. The summed E-state index contributed by atoms with van der Waals surface area (Å²) in [4.78, 5) is 17.3. The predicted octanol–water partition coefficient (Wildman–Crippen LogP) is 3.50. The monoisotopic (exact) mass is 398 g/mol. The smallest absolute Gasteiger partial charge is 0.369 e. The van der Waals surface area contributed by atoms with Gasteiger partial charge in [0.25, 0.3) is 0 Å². The van der Waals surface area contributed by atoms with E-state index in [1.165, 1.54) is 33.5 Å². The number of ether oxygens (including phenoxy) is 3. The van der Waals surface area contributed by atoms with Crippen LogP contribution in [0.4, 0.5) is 0 Å². The lowest BCUT2D eigenvalue weighted by atomic mass is 10.1. The number of rotatable bonds is 6. The van der Waals surface area contributed by atoms with Gasteiger partial charge in [-0.05, 0) is 30.3 Å². The van der Waals surface area contributed by atoms with Gasteiger partial charge in [-0.1, -0.05) is 28.4 Å². The zero-order chi connectivity index (χ0) is 19.3. The Labute approximate surface area is 160 Å². The first-order valence-corrected chi connectivity index (χ1v) is 7.97. The Morgan fingerprint density at radius 1 is 0.962 bits per heavy atom. The van der Waals surface area contributed by atoms with E-state index in [4.69, 9.17) is 48.0 Å². The summed E-state index contributed by atoms with van der Waals surface area (Å²) in [6.45, 7) is 0. The number of carbonyl (C=O) groups is 1. The summed E-state index contributed by atoms with van der Waals surface area (Å²) in [6.07, 6.45) is 0. The van der Waals surface area contributed by atoms with Gasteiger partial charge in [0.05, 0.1) is 26.4 Å². The van der Waals surface area contributed by atoms with Crippen molar-refractivity contribution in [2.45, 2.75) is 0 Å². The molecule has 0 fully saturated rings. The van der Waals surface area contributed by atoms with Crippen molar-refractivity contribution >= 4 is 35.0 Å². The minimum absolute atomic E-state index is 0.0838. The van der Waals surface area contributed by atoms with Crippen LogP contribution in [-0.2, 0) is 4.84 Å². The van der Waals surface area contributed by atoms with Gasteiger partial charge in [-0.25, -0.2) is 4.79 Å². The van der Waals surface area contributed by atoms with Gasteiger partial charge < -0.3 is 24.8 Å². The summed E-state index contributed by atoms with van der Waals surface area (Å²) in [5.74, 6) is -0.0792. The lowest BCUT2D eigenvalue weighted by Gasteiger charge is -2.14. The molecule has 2 N–H and O–H groups in total. The zero-order valence-electron chi connectivity index (χ0n) is 14.2. The van der Waals surface area contributed by atoms with E-state index in [1.807, 2.05) is 0 Å². The van der Waals surface area contributed by atoms with Crippen LogP contribution in [-0.4, -0.2) is 33.1 Å². The predicted molar refractivity (Wildman–Crippen MR) is 98.7 cm³/mol. The standard InChI is InChI=1S/C17H16Cl2N2O5/c1-23-13-7-6-11(14(24-2)15(13)25-3)17(22)26-21-16(20)10-5-4-9(18)8-12(10)19/h4-8H,1-3H3,(H2,20,21). The summed E-state index contributed by atoms with van der Waals surface area (Å²) in [5, 5.41) is 4.34. The zero-order valence-corrected chi connectivity index (χ0v) is 15.7. The maximum atomic E-state index is 12.4. The highest BCUT2D eigenvalue weighted by molar-refractivity contribution is 6.36. The highest BCUT2D eigenvalue weighted by Crippen LogP contribution is 2.40. The SMILES string of the molecule is COc1ccc(C(=O)O/N=C(\N)c2ccc(Cl)cc2Cl)c(OC)c1OC. The second-order valence-electron chi connectivity index (χ2n) is 4.86. The summed E-state index contributed by atoms with van der Waals surface area (Å²) < 4.78 is 15.6. The van der Waals surface area contributed by atoms with E-state index in [1.54, 1.807) is 18.2 Å². The second kappa shape index (κ2) is 8.64. The Morgan fingerprint density at radius 2 is 1.62 bits per heavy atom. The lowest BCUT2D eigenvalue weighted by Crippen LogP contribution is -2.16. The van der Waals surface area contributed by atoms with E-state index in [0.29, 0.717) is 16.3 Å². The van der Waals surface area contributed by atoms with Crippen molar-refractivity contribution in [3.05, 3.63) is 51.5 Å². The van der Waals surface area contributed by atoms with Crippen molar-refractivity contribution in [1.29, 1.82) is 0 Å². The molecule has 2 rings (SSSR count). The first-order valence-electron chi connectivity index (χ1n) is 7.22. The molecule has 0 radical (unpaired) electrons. The summed E-state index contributed by atoms with van der Waals surface area (Å²) in [5.41, 5.74) is 6.28. The fourth-order valence-corrected chi connectivity index (χ4v) is 2.65. The molecule has 0 aliphatic carbocycles. The molecule has 0 amide bonds. The van der Waals surface area contributed by atoms with E-state index >= 15 is 0 Å². The molecular formula is C17H16Cl2N2O5. The second-order valence-corrected chi connectivity index (χ2v) is 5.70. The van der Waals surface area contributed by atoms with Crippen molar-refractivity contribution in [2.75, 3.05) is 21.3 Å². The number of oxime groups is 1. The molecule has 0 unspecified atom stereocenters. The quantitative estimate of drug-likeness (QED) is 0.346. The Kier molecular flexibility index (Phi) is 6.54. The van der Waals surface area contributed by atoms with Gasteiger partial charge in [-0.3, -0.25) is 0 Å². The van der Waals surface area contributed by atoms with E-state index in [0.717, 1.165) is 0 Å². The largest absolute Gasteiger partial charge is 0.493 e. The number of hydrogen-bond donors (Lipinski definition) is 1. The highest BCUT2D eigenvalue weighted by Gasteiger charge is 2.22. The number of methoxy groups -OCH3 is 3. The number of carbonyl (C=O) groups excluding carboxylic acids is 1. The van der Waals surface area contributed by atoms with Crippen LogP contribution in [0.1, 0.15) is 15.9 Å². The van der Waals surface area contributed by atoms with E-state index < -0.39 is 5.97 Å². The number of benzene rings is 2. The van der Waals surface area contributed by atoms with Crippen LogP contribution in [0, 0.1) is 0 Å². The fourth-order valence-electron chi connectivity index (χ4n) is 2.15. The fraction of sp³-hybridized carbons (Fsp3) is 0.176. The van der Waals surface area contributed by atoms with Crippen molar-refractivity contribution in [1.82, 2.24) is 0 Å². The number of halogens is 2. The van der Waals surface area contributed by atoms with E-state index in [2.05, 4.69) is 5.16 Å². The third-order valence-electron chi connectivity index (χ3n) is 3.36. The maximum absolute atomic E-state index is 12.4. The maximum Gasteiger partial charge on any atom is 0.369 e. The van der Waals surface area contributed by atoms with Gasteiger partial charge in [-0.2, -0.15) is 0 Å². The minimum Gasteiger partial charge on any atom is -0.493 e. The Balaban J connectivity index is 2.30. The molecule has 7 nitrogen and oxygen atoms in total. The van der Waals surface area contributed by atoms with Crippen LogP contribution in [0.3, 0.4) is 0 Å². The van der Waals surface area contributed by atoms with Crippen molar-refractivity contribution in [3.63, 3.8) is 0 Å².